The number of aliphatic hydroxyl groups is 1. The van der Waals surface area contributed by atoms with Crippen LogP contribution < -0.4 is 14.4 Å². The van der Waals surface area contributed by atoms with Gasteiger partial charge in [-0.15, -0.1) is 0 Å². The van der Waals surface area contributed by atoms with E-state index in [1.54, 1.807) is 32.4 Å². The molecule has 1 unspecified atom stereocenters. The molecule has 0 saturated carbocycles. The Kier molecular flexibility index (Phi) is 7.83. The number of carbonyl (C=O) groups is 1. The predicted molar refractivity (Wildman–Crippen MR) is 135 cm³/mol. The van der Waals surface area contributed by atoms with Crippen molar-refractivity contribution >= 4 is 11.6 Å². The summed E-state index contributed by atoms with van der Waals surface area (Å²) in [6, 6.07) is 23.7. The Labute approximate surface area is 201 Å². The number of nitrogens with zero attached hydrogens (tertiary/aromatic N) is 2. The van der Waals surface area contributed by atoms with E-state index in [1.807, 2.05) is 35.2 Å². The maximum absolute atomic E-state index is 13.9. The lowest BCUT2D eigenvalue weighted by molar-refractivity contribution is 0.0976. The van der Waals surface area contributed by atoms with E-state index in [4.69, 9.17) is 9.47 Å². The summed E-state index contributed by atoms with van der Waals surface area (Å²) in [5.74, 6) is 1.01. The van der Waals surface area contributed by atoms with Gasteiger partial charge in [0.05, 0.1) is 20.8 Å². The van der Waals surface area contributed by atoms with Crippen molar-refractivity contribution in [1.82, 2.24) is 4.90 Å². The molecule has 0 spiro atoms. The zero-order chi connectivity index (χ0) is 23.9. The van der Waals surface area contributed by atoms with Crippen LogP contribution in [0.5, 0.6) is 11.5 Å². The summed E-state index contributed by atoms with van der Waals surface area (Å²) in [6.45, 7) is 2.22. The number of amides is 1. The lowest BCUT2D eigenvalue weighted by Gasteiger charge is -2.31. The number of rotatable bonds is 9. The third-order valence-corrected chi connectivity index (χ3v) is 6.42. The first-order valence-corrected chi connectivity index (χ1v) is 11.7. The molecule has 0 bridgehead atoms. The molecule has 1 N–H and O–H groups in total. The zero-order valence-electron chi connectivity index (χ0n) is 19.8. The SMILES string of the molecule is COc1ccc(C(=O)N(CC2CCCN2CCO)c2cccc(-c3ccccc3)c2)cc1OC. The minimum atomic E-state index is -0.0954. The van der Waals surface area contributed by atoms with Crippen molar-refractivity contribution in [3.8, 4) is 22.6 Å². The Morgan fingerprint density at radius 3 is 2.47 bits per heavy atom. The third kappa shape index (κ3) is 5.24. The predicted octanol–water partition coefficient (Wildman–Crippen LogP) is 4.47. The molecule has 34 heavy (non-hydrogen) atoms. The molecule has 1 aliphatic rings. The zero-order valence-corrected chi connectivity index (χ0v) is 19.8. The fourth-order valence-corrected chi connectivity index (χ4v) is 4.65. The normalized spacial score (nSPS) is 15.8. The van der Waals surface area contributed by atoms with Gasteiger partial charge in [0.25, 0.3) is 5.91 Å². The third-order valence-electron chi connectivity index (χ3n) is 6.42. The fraction of sp³-hybridized carbons (Fsp3) is 0.321. The highest BCUT2D eigenvalue weighted by Gasteiger charge is 2.29. The molecule has 1 atom stereocenters. The van der Waals surface area contributed by atoms with Gasteiger partial charge in [-0.2, -0.15) is 0 Å². The molecule has 0 aliphatic carbocycles. The van der Waals surface area contributed by atoms with Crippen molar-refractivity contribution in [1.29, 1.82) is 0 Å². The monoisotopic (exact) mass is 460 g/mol. The molecule has 1 aliphatic heterocycles. The number of ether oxygens (including phenoxy) is 2. The van der Waals surface area contributed by atoms with Crippen LogP contribution in [0.4, 0.5) is 5.69 Å². The van der Waals surface area contributed by atoms with Crippen molar-refractivity contribution in [3.63, 3.8) is 0 Å². The van der Waals surface area contributed by atoms with E-state index >= 15 is 0 Å². The number of methoxy groups -OCH3 is 2. The summed E-state index contributed by atoms with van der Waals surface area (Å²) >= 11 is 0. The smallest absolute Gasteiger partial charge is 0.258 e. The highest BCUT2D eigenvalue weighted by atomic mass is 16.5. The van der Waals surface area contributed by atoms with Gasteiger partial charge in [0, 0.05) is 30.4 Å². The molecular weight excluding hydrogens is 428 g/mol. The van der Waals surface area contributed by atoms with Gasteiger partial charge in [0.2, 0.25) is 0 Å². The molecule has 1 fully saturated rings. The van der Waals surface area contributed by atoms with E-state index in [0.29, 0.717) is 30.2 Å². The van der Waals surface area contributed by atoms with E-state index in [1.165, 1.54) is 0 Å². The van der Waals surface area contributed by atoms with Crippen LogP contribution in [0.15, 0.2) is 72.8 Å². The van der Waals surface area contributed by atoms with Gasteiger partial charge >= 0.3 is 0 Å². The van der Waals surface area contributed by atoms with Crippen LogP contribution in [0.2, 0.25) is 0 Å². The topological polar surface area (TPSA) is 62.2 Å². The molecule has 4 rings (SSSR count). The van der Waals surface area contributed by atoms with Crippen LogP contribution in [0.1, 0.15) is 23.2 Å². The maximum Gasteiger partial charge on any atom is 0.258 e. The Hall–Kier alpha value is -3.35. The summed E-state index contributed by atoms with van der Waals surface area (Å²) in [5, 5.41) is 9.50. The molecule has 3 aromatic rings. The van der Waals surface area contributed by atoms with E-state index in [-0.39, 0.29) is 18.6 Å². The summed E-state index contributed by atoms with van der Waals surface area (Å²) in [4.78, 5) is 18.0. The second kappa shape index (κ2) is 11.2. The quantitative estimate of drug-likeness (QED) is 0.510. The molecular formula is C28H32N2O4. The second-order valence-corrected chi connectivity index (χ2v) is 8.46. The molecule has 1 amide bonds. The number of hydrogen-bond donors (Lipinski definition) is 1. The first kappa shape index (κ1) is 23.8. The molecule has 1 heterocycles. The van der Waals surface area contributed by atoms with Crippen molar-refractivity contribution in [3.05, 3.63) is 78.4 Å². The average molecular weight is 461 g/mol. The molecule has 1 saturated heterocycles. The molecule has 6 nitrogen and oxygen atoms in total. The summed E-state index contributed by atoms with van der Waals surface area (Å²) < 4.78 is 10.8. The number of hydrogen-bond acceptors (Lipinski definition) is 5. The number of anilines is 1. The molecule has 3 aromatic carbocycles. The average Bonchev–Trinajstić information content (AvgIpc) is 3.34. The van der Waals surface area contributed by atoms with E-state index in [9.17, 15) is 9.90 Å². The molecule has 178 valence electrons. The minimum Gasteiger partial charge on any atom is -0.493 e. The standard InChI is InChI=1S/C28H32N2O4/c1-33-26-14-13-23(19-27(26)34-2)28(32)30(20-25-12-7-15-29(25)16-17-31)24-11-6-10-22(18-24)21-8-4-3-5-9-21/h3-6,8-11,13-14,18-19,25,31H,7,12,15-17,20H2,1-2H3. The number of benzene rings is 3. The summed E-state index contributed by atoms with van der Waals surface area (Å²) in [6.07, 6.45) is 2.06. The van der Waals surface area contributed by atoms with Gasteiger partial charge in [-0.25, -0.2) is 0 Å². The highest BCUT2D eigenvalue weighted by Crippen LogP contribution is 2.31. The van der Waals surface area contributed by atoms with Crippen LogP contribution in [-0.4, -0.2) is 62.4 Å². The van der Waals surface area contributed by atoms with Crippen molar-refractivity contribution in [2.75, 3.05) is 45.4 Å². The van der Waals surface area contributed by atoms with Crippen LogP contribution in [0.3, 0.4) is 0 Å². The van der Waals surface area contributed by atoms with Gasteiger partial charge in [0.15, 0.2) is 11.5 Å². The number of aliphatic hydroxyl groups excluding tert-OH is 1. The Morgan fingerprint density at radius 1 is 0.971 bits per heavy atom. The van der Waals surface area contributed by atoms with Crippen LogP contribution in [0, 0.1) is 0 Å². The maximum atomic E-state index is 13.9. The minimum absolute atomic E-state index is 0.0954. The fourth-order valence-electron chi connectivity index (χ4n) is 4.65. The number of carbonyl (C=O) groups excluding carboxylic acids is 1. The van der Waals surface area contributed by atoms with Gasteiger partial charge in [-0.05, 0) is 60.8 Å². The largest absolute Gasteiger partial charge is 0.493 e. The van der Waals surface area contributed by atoms with Gasteiger partial charge in [-0.3, -0.25) is 9.69 Å². The van der Waals surface area contributed by atoms with E-state index < -0.39 is 0 Å². The summed E-state index contributed by atoms with van der Waals surface area (Å²) in [7, 11) is 3.15. The van der Waals surface area contributed by atoms with Crippen molar-refractivity contribution < 1.29 is 19.4 Å². The Balaban J connectivity index is 1.71. The lowest BCUT2D eigenvalue weighted by atomic mass is 10.0. The first-order chi connectivity index (χ1) is 16.6. The van der Waals surface area contributed by atoms with Crippen molar-refractivity contribution in [2.45, 2.75) is 18.9 Å². The lowest BCUT2D eigenvalue weighted by Crippen LogP contribution is -2.44. The van der Waals surface area contributed by atoms with E-state index in [0.717, 1.165) is 36.2 Å². The van der Waals surface area contributed by atoms with E-state index in [2.05, 4.69) is 29.2 Å². The number of likely N-dealkylation sites (tertiary alicyclic amines) is 1. The Bertz CT molecular complexity index is 1100. The number of β-amino-alcohol motifs (C(OH)–C–C–N with tert-alkyl or cyclic N) is 1. The molecule has 0 radical (unpaired) electrons. The second-order valence-electron chi connectivity index (χ2n) is 8.46. The van der Waals surface area contributed by atoms with Crippen LogP contribution in [-0.2, 0) is 0 Å². The summed E-state index contributed by atoms with van der Waals surface area (Å²) in [5.41, 5.74) is 3.54. The van der Waals surface area contributed by atoms with Gasteiger partial charge < -0.3 is 19.5 Å². The van der Waals surface area contributed by atoms with Gasteiger partial charge in [0.1, 0.15) is 0 Å². The van der Waals surface area contributed by atoms with Gasteiger partial charge in [-0.1, -0.05) is 42.5 Å². The molecule has 0 aromatic heterocycles. The van der Waals surface area contributed by atoms with Crippen LogP contribution in [0.25, 0.3) is 11.1 Å². The van der Waals surface area contributed by atoms with Crippen molar-refractivity contribution in [2.24, 2.45) is 0 Å². The Morgan fingerprint density at radius 2 is 1.74 bits per heavy atom. The first-order valence-electron chi connectivity index (χ1n) is 11.7. The van der Waals surface area contributed by atoms with Crippen LogP contribution >= 0.6 is 0 Å². The molecule has 6 heteroatoms. The highest BCUT2D eigenvalue weighted by molar-refractivity contribution is 6.06.